The molecule has 116 valence electrons. The van der Waals surface area contributed by atoms with Gasteiger partial charge in [0.25, 0.3) is 5.91 Å². The molecule has 0 saturated carbocycles. The minimum Gasteiger partial charge on any atom is -0.378 e. The summed E-state index contributed by atoms with van der Waals surface area (Å²) < 4.78 is 14.4. The van der Waals surface area contributed by atoms with Crippen molar-refractivity contribution in [3.05, 3.63) is 23.5 Å². The molecule has 1 aliphatic heterocycles. The molecule has 1 atom stereocenters. The SMILES string of the molecule is CC(C)CN(CC(C)C)c1cc2c(cc1F)C(O)C(=O)N2. The highest BCUT2D eigenvalue weighted by atomic mass is 19.1. The average Bonchev–Trinajstić information content (AvgIpc) is 2.63. The maximum Gasteiger partial charge on any atom is 0.257 e. The van der Waals surface area contributed by atoms with E-state index in [9.17, 15) is 14.3 Å². The van der Waals surface area contributed by atoms with Crippen LogP contribution < -0.4 is 10.2 Å². The molecule has 4 nitrogen and oxygen atoms in total. The summed E-state index contributed by atoms with van der Waals surface area (Å²) in [4.78, 5) is 13.5. The summed E-state index contributed by atoms with van der Waals surface area (Å²) in [6.07, 6.45) is -1.27. The minimum absolute atomic E-state index is 0.315. The predicted octanol–water partition coefficient (Wildman–Crippen LogP) is 2.93. The maximum absolute atomic E-state index is 14.4. The number of aliphatic hydroxyl groups is 1. The second kappa shape index (κ2) is 6.02. The molecule has 21 heavy (non-hydrogen) atoms. The van der Waals surface area contributed by atoms with Gasteiger partial charge in [0, 0.05) is 24.3 Å². The lowest BCUT2D eigenvalue weighted by Crippen LogP contribution is -2.32. The van der Waals surface area contributed by atoms with Gasteiger partial charge in [-0.15, -0.1) is 0 Å². The van der Waals surface area contributed by atoms with E-state index in [1.165, 1.54) is 6.07 Å². The normalized spacial score (nSPS) is 17.3. The summed E-state index contributed by atoms with van der Waals surface area (Å²) >= 11 is 0. The molecule has 0 aliphatic carbocycles. The molecule has 2 N–H and O–H groups in total. The van der Waals surface area contributed by atoms with Crippen molar-refractivity contribution in [3.63, 3.8) is 0 Å². The van der Waals surface area contributed by atoms with Gasteiger partial charge in [0.2, 0.25) is 0 Å². The van der Waals surface area contributed by atoms with Crippen LogP contribution in [-0.4, -0.2) is 24.1 Å². The lowest BCUT2D eigenvalue weighted by Gasteiger charge is -2.29. The smallest absolute Gasteiger partial charge is 0.257 e. The number of carbonyl (C=O) groups is 1. The van der Waals surface area contributed by atoms with Crippen LogP contribution in [0.3, 0.4) is 0 Å². The Hall–Kier alpha value is -1.62. The van der Waals surface area contributed by atoms with Gasteiger partial charge in [0.05, 0.1) is 5.69 Å². The van der Waals surface area contributed by atoms with Crippen LogP contribution in [0.25, 0.3) is 0 Å². The molecular weight excluding hydrogens is 271 g/mol. The van der Waals surface area contributed by atoms with Gasteiger partial charge in [-0.2, -0.15) is 0 Å². The Morgan fingerprint density at radius 2 is 1.81 bits per heavy atom. The van der Waals surface area contributed by atoms with Crippen LogP contribution in [0.1, 0.15) is 39.4 Å². The zero-order chi connectivity index (χ0) is 15.7. The van der Waals surface area contributed by atoms with Crippen molar-refractivity contribution in [2.75, 3.05) is 23.3 Å². The Morgan fingerprint density at radius 1 is 1.24 bits per heavy atom. The van der Waals surface area contributed by atoms with Crippen LogP contribution in [0.15, 0.2) is 12.1 Å². The number of halogens is 1. The molecule has 5 heteroatoms. The van der Waals surface area contributed by atoms with E-state index in [2.05, 4.69) is 33.0 Å². The summed E-state index contributed by atoms with van der Waals surface area (Å²) in [5.41, 5.74) is 1.29. The lowest BCUT2D eigenvalue weighted by molar-refractivity contribution is -0.123. The average molecular weight is 294 g/mol. The minimum atomic E-state index is -1.27. The van der Waals surface area contributed by atoms with E-state index < -0.39 is 17.8 Å². The maximum atomic E-state index is 14.4. The third kappa shape index (κ3) is 3.35. The van der Waals surface area contributed by atoms with Crippen molar-refractivity contribution in [2.45, 2.75) is 33.8 Å². The number of anilines is 2. The Labute approximate surface area is 125 Å². The molecule has 1 aromatic carbocycles. The monoisotopic (exact) mass is 294 g/mol. The number of nitrogens with one attached hydrogen (secondary N) is 1. The van der Waals surface area contributed by atoms with Crippen molar-refractivity contribution in [1.82, 2.24) is 0 Å². The Kier molecular flexibility index (Phi) is 4.52. The summed E-state index contributed by atoms with van der Waals surface area (Å²) in [5.74, 6) is -0.0976. The van der Waals surface area contributed by atoms with Gasteiger partial charge in [-0.1, -0.05) is 27.7 Å². The first-order chi connectivity index (χ1) is 9.79. The molecule has 1 unspecified atom stereocenters. The topological polar surface area (TPSA) is 52.6 Å². The first-order valence-corrected chi connectivity index (χ1v) is 7.37. The second-order valence-electron chi connectivity index (χ2n) is 6.48. The van der Waals surface area contributed by atoms with Crippen molar-refractivity contribution in [1.29, 1.82) is 0 Å². The van der Waals surface area contributed by atoms with E-state index in [1.54, 1.807) is 6.07 Å². The van der Waals surface area contributed by atoms with Gasteiger partial charge < -0.3 is 15.3 Å². The predicted molar refractivity (Wildman–Crippen MR) is 81.9 cm³/mol. The van der Waals surface area contributed by atoms with Gasteiger partial charge in [-0.25, -0.2) is 4.39 Å². The number of benzene rings is 1. The number of hydrogen-bond donors (Lipinski definition) is 2. The van der Waals surface area contributed by atoms with Gasteiger partial charge >= 0.3 is 0 Å². The highest BCUT2D eigenvalue weighted by molar-refractivity contribution is 6.02. The molecule has 0 bridgehead atoms. The highest BCUT2D eigenvalue weighted by Crippen LogP contribution is 2.36. The molecule has 0 radical (unpaired) electrons. The zero-order valence-corrected chi connectivity index (χ0v) is 13.0. The zero-order valence-electron chi connectivity index (χ0n) is 13.0. The molecule has 0 spiro atoms. The van der Waals surface area contributed by atoms with Crippen LogP contribution in [0.2, 0.25) is 0 Å². The number of nitrogens with zero attached hydrogens (tertiary/aromatic N) is 1. The number of carbonyl (C=O) groups excluding carboxylic acids is 1. The molecule has 1 aliphatic rings. The fraction of sp³-hybridized carbons (Fsp3) is 0.562. The lowest BCUT2D eigenvalue weighted by atomic mass is 10.1. The Morgan fingerprint density at radius 3 is 2.33 bits per heavy atom. The molecular formula is C16H23FN2O2. The molecule has 1 aromatic rings. The van der Waals surface area contributed by atoms with Gasteiger partial charge in [-0.3, -0.25) is 4.79 Å². The Balaban J connectivity index is 2.38. The largest absolute Gasteiger partial charge is 0.378 e. The van der Waals surface area contributed by atoms with Crippen molar-refractivity contribution < 1.29 is 14.3 Å². The first-order valence-electron chi connectivity index (χ1n) is 7.37. The van der Waals surface area contributed by atoms with Gasteiger partial charge in [0.1, 0.15) is 5.82 Å². The number of aliphatic hydroxyl groups excluding tert-OH is 1. The first kappa shape index (κ1) is 15.8. The molecule has 0 aromatic heterocycles. The van der Waals surface area contributed by atoms with Crippen LogP contribution in [-0.2, 0) is 4.79 Å². The summed E-state index contributed by atoms with van der Waals surface area (Å²) in [5, 5.41) is 12.3. The van der Waals surface area contributed by atoms with Crippen LogP contribution in [0.5, 0.6) is 0 Å². The molecule has 2 rings (SSSR count). The van der Waals surface area contributed by atoms with Crippen molar-refractivity contribution in [2.24, 2.45) is 11.8 Å². The Bertz CT molecular complexity index is 533. The third-order valence-corrected chi connectivity index (χ3v) is 3.43. The van der Waals surface area contributed by atoms with Gasteiger partial charge in [-0.05, 0) is 24.0 Å². The quantitative estimate of drug-likeness (QED) is 0.878. The van der Waals surface area contributed by atoms with E-state index in [0.717, 1.165) is 13.1 Å². The highest BCUT2D eigenvalue weighted by Gasteiger charge is 2.30. The van der Waals surface area contributed by atoms with Gasteiger partial charge in [0.15, 0.2) is 6.10 Å². The van der Waals surface area contributed by atoms with Crippen molar-refractivity contribution >= 4 is 17.3 Å². The third-order valence-electron chi connectivity index (χ3n) is 3.43. The molecule has 1 amide bonds. The summed E-state index contributed by atoms with van der Waals surface area (Å²) in [6.45, 7) is 9.83. The van der Waals surface area contributed by atoms with E-state index in [0.29, 0.717) is 28.8 Å². The van der Waals surface area contributed by atoms with E-state index in [1.807, 2.05) is 4.90 Å². The molecule has 1 heterocycles. The number of amides is 1. The second-order valence-corrected chi connectivity index (χ2v) is 6.48. The fourth-order valence-electron chi connectivity index (χ4n) is 2.65. The van der Waals surface area contributed by atoms with E-state index >= 15 is 0 Å². The number of fused-ring (bicyclic) bond motifs is 1. The molecule has 0 saturated heterocycles. The fourth-order valence-corrected chi connectivity index (χ4v) is 2.65. The summed E-state index contributed by atoms with van der Waals surface area (Å²) in [6, 6.07) is 2.89. The van der Waals surface area contributed by atoms with E-state index in [-0.39, 0.29) is 0 Å². The van der Waals surface area contributed by atoms with Crippen LogP contribution in [0, 0.1) is 17.7 Å². The summed E-state index contributed by atoms with van der Waals surface area (Å²) in [7, 11) is 0. The number of hydrogen-bond acceptors (Lipinski definition) is 3. The standard InChI is InChI=1S/C16H23FN2O2/c1-9(2)7-19(8-10(3)4)14-6-13-11(5-12(14)17)15(20)16(21)18-13/h5-6,9-10,15,20H,7-8H2,1-4H3,(H,18,21). The van der Waals surface area contributed by atoms with Crippen LogP contribution >= 0.6 is 0 Å². The van der Waals surface area contributed by atoms with E-state index in [4.69, 9.17) is 0 Å². The van der Waals surface area contributed by atoms with Crippen LogP contribution in [0.4, 0.5) is 15.8 Å². The molecule has 0 fully saturated rings. The number of rotatable bonds is 5. The van der Waals surface area contributed by atoms with Crippen molar-refractivity contribution in [3.8, 4) is 0 Å².